The molecule has 1 fully saturated rings. The minimum atomic E-state index is -0.584. The fourth-order valence-electron chi connectivity index (χ4n) is 3.10. The van der Waals surface area contributed by atoms with E-state index in [1.807, 2.05) is 11.4 Å². The van der Waals surface area contributed by atoms with E-state index in [4.69, 9.17) is 11.6 Å². The summed E-state index contributed by atoms with van der Waals surface area (Å²) in [5.74, 6) is -0.684. The monoisotopic (exact) mass is 407 g/mol. The predicted molar refractivity (Wildman–Crippen MR) is 104 cm³/mol. The van der Waals surface area contributed by atoms with Gasteiger partial charge in [-0.25, -0.2) is 0 Å². The molecule has 1 N–H and O–H groups in total. The predicted octanol–water partition coefficient (Wildman–Crippen LogP) is 4.11. The SMILES string of the molecule is Cc1cc(Cl)c([N+](=O)[O-])cc1NC(=O)C1CCCN(C(=O)c2cccs2)C1. The summed E-state index contributed by atoms with van der Waals surface area (Å²) in [7, 11) is 0. The maximum absolute atomic E-state index is 12.7. The second-order valence-electron chi connectivity index (χ2n) is 6.43. The van der Waals surface area contributed by atoms with Gasteiger partial charge in [0, 0.05) is 19.2 Å². The van der Waals surface area contributed by atoms with Crippen molar-refractivity contribution in [2.75, 3.05) is 18.4 Å². The fourth-order valence-corrected chi connectivity index (χ4v) is 4.08. The summed E-state index contributed by atoms with van der Waals surface area (Å²) in [4.78, 5) is 38.0. The number of hydrogen-bond donors (Lipinski definition) is 1. The molecule has 3 rings (SSSR count). The smallest absolute Gasteiger partial charge is 0.289 e. The van der Waals surface area contributed by atoms with Crippen LogP contribution in [0.2, 0.25) is 5.02 Å². The third kappa shape index (κ3) is 4.28. The van der Waals surface area contributed by atoms with Crippen molar-refractivity contribution in [1.29, 1.82) is 0 Å². The van der Waals surface area contributed by atoms with Crippen LogP contribution in [0.3, 0.4) is 0 Å². The lowest BCUT2D eigenvalue weighted by Crippen LogP contribution is -2.43. The number of nitro benzene ring substituents is 1. The number of carbonyl (C=O) groups excluding carboxylic acids is 2. The molecule has 0 radical (unpaired) electrons. The first-order valence-corrected chi connectivity index (χ1v) is 9.70. The van der Waals surface area contributed by atoms with Crippen LogP contribution in [-0.4, -0.2) is 34.7 Å². The first-order chi connectivity index (χ1) is 12.9. The number of nitro groups is 1. The highest BCUT2D eigenvalue weighted by Crippen LogP contribution is 2.31. The molecule has 142 valence electrons. The number of amides is 2. The van der Waals surface area contributed by atoms with Crippen molar-refractivity contribution in [1.82, 2.24) is 4.90 Å². The van der Waals surface area contributed by atoms with Crippen molar-refractivity contribution in [3.8, 4) is 0 Å². The molecule has 0 bridgehead atoms. The molecule has 1 aromatic carbocycles. The van der Waals surface area contributed by atoms with Crippen LogP contribution in [0.4, 0.5) is 11.4 Å². The van der Waals surface area contributed by atoms with Gasteiger partial charge in [0.2, 0.25) is 5.91 Å². The third-order valence-corrected chi connectivity index (χ3v) is 5.72. The number of nitrogens with one attached hydrogen (secondary N) is 1. The fraction of sp³-hybridized carbons (Fsp3) is 0.333. The number of nitrogens with zero attached hydrogens (tertiary/aromatic N) is 2. The number of benzene rings is 1. The number of likely N-dealkylation sites (tertiary alicyclic amines) is 1. The molecule has 0 aliphatic carbocycles. The molecule has 27 heavy (non-hydrogen) atoms. The van der Waals surface area contributed by atoms with Gasteiger partial charge in [-0.3, -0.25) is 19.7 Å². The van der Waals surface area contributed by atoms with E-state index in [1.54, 1.807) is 17.9 Å². The van der Waals surface area contributed by atoms with Crippen LogP contribution >= 0.6 is 22.9 Å². The van der Waals surface area contributed by atoms with Gasteiger partial charge in [-0.05, 0) is 42.8 Å². The molecule has 1 aromatic heterocycles. The molecule has 2 heterocycles. The molecule has 1 saturated heterocycles. The normalized spacial score (nSPS) is 16.8. The lowest BCUT2D eigenvalue weighted by molar-refractivity contribution is -0.384. The maximum Gasteiger partial charge on any atom is 0.289 e. The van der Waals surface area contributed by atoms with Crippen molar-refractivity contribution < 1.29 is 14.5 Å². The second kappa shape index (κ2) is 8.06. The number of hydrogen-bond acceptors (Lipinski definition) is 5. The highest BCUT2D eigenvalue weighted by Gasteiger charge is 2.30. The van der Waals surface area contributed by atoms with Gasteiger partial charge in [-0.15, -0.1) is 11.3 Å². The Hall–Kier alpha value is -2.45. The van der Waals surface area contributed by atoms with Gasteiger partial charge < -0.3 is 10.2 Å². The number of halogens is 1. The molecule has 1 unspecified atom stereocenters. The Morgan fingerprint density at radius 3 is 2.85 bits per heavy atom. The van der Waals surface area contributed by atoms with Crippen molar-refractivity contribution in [3.63, 3.8) is 0 Å². The average Bonchev–Trinajstić information content (AvgIpc) is 3.17. The number of carbonyl (C=O) groups is 2. The van der Waals surface area contributed by atoms with Crippen LogP contribution in [0.5, 0.6) is 0 Å². The van der Waals surface area contributed by atoms with Crippen LogP contribution in [0.15, 0.2) is 29.6 Å². The number of anilines is 1. The molecule has 0 saturated carbocycles. The zero-order valence-electron chi connectivity index (χ0n) is 14.6. The summed E-state index contributed by atoms with van der Waals surface area (Å²) in [6, 6.07) is 6.32. The summed E-state index contributed by atoms with van der Waals surface area (Å²) in [5.41, 5.74) is 0.745. The molecule has 2 aromatic rings. The van der Waals surface area contributed by atoms with Crippen molar-refractivity contribution in [2.45, 2.75) is 19.8 Å². The van der Waals surface area contributed by atoms with E-state index in [2.05, 4.69) is 5.32 Å². The summed E-state index contributed by atoms with van der Waals surface area (Å²) >= 11 is 7.26. The summed E-state index contributed by atoms with van der Waals surface area (Å²) < 4.78 is 0. The highest BCUT2D eigenvalue weighted by molar-refractivity contribution is 7.12. The largest absolute Gasteiger partial charge is 0.337 e. The first kappa shape index (κ1) is 19.3. The van der Waals surface area contributed by atoms with Gasteiger partial charge in [0.25, 0.3) is 11.6 Å². The Labute approximate surface area is 165 Å². The Kier molecular flexibility index (Phi) is 5.76. The number of rotatable bonds is 4. The van der Waals surface area contributed by atoms with Gasteiger partial charge in [0.05, 0.1) is 21.4 Å². The summed E-state index contributed by atoms with van der Waals surface area (Å²) in [6.07, 6.45) is 1.39. The van der Waals surface area contributed by atoms with Gasteiger partial charge in [-0.1, -0.05) is 17.7 Å². The topological polar surface area (TPSA) is 92.6 Å². The van der Waals surface area contributed by atoms with E-state index in [0.717, 1.165) is 6.42 Å². The molecule has 9 heteroatoms. The van der Waals surface area contributed by atoms with Crippen LogP contribution in [0.25, 0.3) is 0 Å². The van der Waals surface area contributed by atoms with Crippen molar-refractivity contribution >= 4 is 46.1 Å². The van der Waals surface area contributed by atoms with Crippen LogP contribution in [0.1, 0.15) is 28.1 Å². The molecule has 2 amide bonds. The lowest BCUT2D eigenvalue weighted by Gasteiger charge is -2.31. The van der Waals surface area contributed by atoms with Gasteiger partial charge in [0.15, 0.2) is 0 Å². The molecule has 1 aliphatic rings. The maximum atomic E-state index is 12.7. The van der Waals surface area contributed by atoms with E-state index in [9.17, 15) is 19.7 Å². The van der Waals surface area contributed by atoms with Crippen LogP contribution in [0, 0.1) is 23.0 Å². The first-order valence-electron chi connectivity index (χ1n) is 8.45. The van der Waals surface area contributed by atoms with Crippen molar-refractivity contribution in [3.05, 3.63) is 55.2 Å². The molecular weight excluding hydrogens is 390 g/mol. The van der Waals surface area contributed by atoms with Crippen LogP contribution in [-0.2, 0) is 4.79 Å². The van der Waals surface area contributed by atoms with Crippen molar-refractivity contribution in [2.24, 2.45) is 5.92 Å². The molecule has 0 spiro atoms. The highest BCUT2D eigenvalue weighted by atomic mass is 35.5. The van der Waals surface area contributed by atoms with Gasteiger partial charge in [-0.2, -0.15) is 0 Å². The minimum absolute atomic E-state index is 0.0286. The summed E-state index contributed by atoms with van der Waals surface area (Å²) in [5, 5.41) is 15.7. The molecular formula is C18H18ClN3O4S. The molecule has 1 atom stereocenters. The molecule has 1 aliphatic heterocycles. The van der Waals surface area contributed by atoms with Gasteiger partial charge in [0.1, 0.15) is 5.02 Å². The lowest BCUT2D eigenvalue weighted by atomic mass is 9.96. The number of aryl methyl sites for hydroxylation is 1. The Morgan fingerprint density at radius 2 is 2.19 bits per heavy atom. The zero-order valence-corrected chi connectivity index (χ0v) is 16.2. The average molecular weight is 408 g/mol. The minimum Gasteiger partial charge on any atom is -0.337 e. The number of thiophene rings is 1. The molecule has 7 nitrogen and oxygen atoms in total. The standard InChI is InChI=1S/C18H18ClN3O4S/c1-11-8-13(19)15(22(25)26)9-14(11)20-17(23)12-4-2-6-21(10-12)18(24)16-5-3-7-27-16/h3,5,7-9,12H,2,4,6,10H2,1H3,(H,20,23). The Bertz CT molecular complexity index is 885. The Balaban J connectivity index is 1.72. The second-order valence-corrected chi connectivity index (χ2v) is 7.79. The Morgan fingerprint density at radius 1 is 1.41 bits per heavy atom. The van der Waals surface area contributed by atoms with E-state index < -0.39 is 4.92 Å². The van der Waals surface area contributed by atoms with E-state index in [1.165, 1.54) is 23.5 Å². The van der Waals surface area contributed by atoms with Gasteiger partial charge >= 0.3 is 0 Å². The summed E-state index contributed by atoms with van der Waals surface area (Å²) in [6.45, 7) is 2.67. The zero-order chi connectivity index (χ0) is 19.6. The van der Waals surface area contributed by atoms with E-state index in [-0.39, 0.29) is 28.4 Å². The van der Waals surface area contributed by atoms with Crippen LogP contribution < -0.4 is 5.32 Å². The third-order valence-electron chi connectivity index (χ3n) is 4.56. The van der Waals surface area contributed by atoms with E-state index >= 15 is 0 Å². The quantitative estimate of drug-likeness (QED) is 0.609. The van der Waals surface area contributed by atoms with E-state index in [0.29, 0.717) is 35.6 Å². The number of piperidine rings is 1.